The molecule has 4 aromatic rings. The number of rotatable bonds is 6. The first-order valence-corrected chi connectivity index (χ1v) is 12.2. The predicted molar refractivity (Wildman–Crippen MR) is 142 cm³/mol. The van der Waals surface area contributed by atoms with Crippen molar-refractivity contribution in [3.8, 4) is 5.75 Å². The highest BCUT2D eigenvalue weighted by Gasteiger charge is 2.19. The molecule has 204 valence electrons. The van der Waals surface area contributed by atoms with Crippen LogP contribution in [0.1, 0.15) is 0 Å². The maximum atomic E-state index is 10.5. The number of benzene rings is 2. The van der Waals surface area contributed by atoms with Crippen molar-refractivity contribution in [1.29, 1.82) is 0 Å². The van der Waals surface area contributed by atoms with E-state index >= 15 is 0 Å². The summed E-state index contributed by atoms with van der Waals surface area (Å²) in [7, 11) is 5.84. The molecule has 0 unspecified atom stereocenters. The lowest BCUT2D eigenvalue weighted by atomic mass is 10.2. The van der Waals surface area contributed by atoms with Gasteiger partial charge in [0.2, 0.25) is 0 Å². The van der Waals surface area contributed by atoms with Crippen LogP contribution in [-0.2, 0) is 21.1 Å². The molecule has 2 aromatic carbocycles. The number of aromatic nitrogens is 3. The van der Waals surface area contributed by atoms with Gasteiger partial charge in [-0.15, -0.1) is 10.2 Å². The minimum atomic E-state index is 0. The molecule has 10 nitrogen and oxygen atoms in total. The number of phenolic OH excluding ortho intramolecular Hbond substituents is 1. The Morgan fingerprint density at radius 2 is 1.26 bits per heavy atom. The van der Waals surface area contributed by atoms with Crippen molar-refractivity contribution in [3.63, 3.8) is 0 Å². The maximum Gasteiger partial charge on any atom is 0.421 e. The Bertz CT molecular complexity index is 1410. The normalized spacial score (nSPS) is 13.5. The molecule has 0 atom stereocenters. The van der Waals surface area contributed by atoms with E-state index in [1.165, 1.54) is 0 Å². The molecular formula is C27H31Cl2N9O. The zero-order valence-electron chi connectivity index (χ0n) is 22.1. The van der Waals surface area contributed by atoms with Gasteiger partial charge in [-0.1, -0.05) is 5.11 Å². The van der Waals surface area contributed by atoms with Crippen LogP contribution >= 0.6 is 0 Å². The van der Waals surface area contributed by atoms with Crippen LogP contribution in [0.2, 0.25) is 0 Å². The minimum absolute atomic E-state index is 0. The molecule has 0 saturated carbocycles. The van der Waals surface area contributed by atoms with E-state index in [-0.39, 0.29) is 30.6 Å². The van der Waals surface area contributed by atoms with Crippen molar-refractivity contribution in [1.82, 2.24) is 4.57 Å². The summed E-state index contributed by atoms with van der Waals surface area (Å²) in [5.41, 5.74) is 4.15. The zero-order chi connectivity index (χ0) is 25.8. The number of pyridine rings is 1. The Balaban J connectivity index is 0.00000210. The summed E-state index contributed by atoms with van der Waals surface area (Å²) in [6.07, 6.45) is 7.71. The number of azo groups is 2. The molecule has 0 aliphatic carbocycles. The quantitative estimate of drug-likeness (QED) is 0.228. The number of imidazole rings is 1. The highest BCUT2D eigenvalue weighted by Crippen LogP contribution is 2.33. The van der Waals surface area contributed by atoms with Crippen LogP contribution in [0.3, 0.4) is 0 Å². The highest BCUT2D eigenvalue weighted by atomic mass is 35.5. The standard InChI is InChI=1S/C27H30N9O.2ClH/c1-32-12-10-22(11-13-32)28-30-25-9-8-24(20-26(25)37)36-18-16-35(17-19-36)23-6-4-21(5-7-23)29-31-27-33(2)14-15-34(27)3;;/h4-15,20H,16-19H2,1-3H3;2*1H/q+1;;/p-1. The predicted octanol–water partition coefficient (Wildman–Crippen LogP) is -1.45. The van der Waals surface area contributed by atoms with E-state index in [1.54, 1.807) is 6.07 Å². The van der Waals surface area contributed by atoms with Gasteiger partial charge in [0.15, 0.2) is 12.4 Å². The number of anilines is 2. The lowest BCUT2D eigenvalue weighted by Gasteiger charge is -2.37. The lowest BCUT2D eigenvalue weighted by molar-refractivity contribution is -0.671. The van der Waals surface area contributed by atoms with Crippen LogP contribution in [0.5, 0.6) is 5.75 Å². The molecule has 0 radical (unpaired) electrons. The van der Waals surface area contributed by atoms with Crippen molar-refractivity contribution < 1.29 is 39.1 Å². The number of nitrogens with zero attached hydrogens (tertiary/aromatic N) is 9. The van der Waals surface area contributed by atoms with Gasteiger partial charge in [0.25, 0.3) is 0 Å². The summed E-state index contributed by atoms with van der Waals surface area (Å²) in [4.78, 5) is 4.63. The molecule has 0 amide bonds. The monoisotopic (exact) mass is 567 g/mol. The van der Waals surface area contributed by atoms with Crippen LogP contribution in [-0.4, -0.2) is 35.9 Å². The second kappa shape index (κ2) is 13.2. The SMILES string of the molecule is Cn1cc[n+](C)c1N=Nc1ccc(N2CCN(c3ccc(N=Nc4cc[n+](C)cc4)c(O)c3)CC2)cc1.[Cl-].[Cl-]. The first-order chi connectivity index (χ1) is 18.0. The molecule has 1 aliphatic heterocycles. The zero-order valence-corrected chi connectivity index (χ0v) is 23.6. The molecule has 2 aromatic heterocycles. The molecule has 0 spiro atoms. The third-order valence-corrected chi connectivity index (χ3v) is 6.45. The van der Waals surface area contributed by atoms with Crippen molar-refractivity contribution in [2.24, 2.45) is 41.6 Å². The molecule has 1 saturated heterocycles. The minimum Gasteiger partial charge on any atom is -1.00 e. The highest BCUT2D eigenvalue weighted by molar-refractivity contribution is 5.62. The van der Waals surface area contributed by atoms with Gasteiger partial charge in [0.1, 0.15) is 24.2 Å². The van der Waals surface area contributed by atoms with Crippen LogP contribution in [0.4, 0.5) is 34.4 Å². The van der Waals surface area contributed by atoms with Gasteiger partial charge < -0.3 is 39.7 Å². The van der Waals surface area contributed by atoms with Gasteiger partial charge in [-0.2, -0.15) is 0 Å². The van der Waals surface area contributed by atoms with Gasteiger partial charge >= 0.3 is 5.95 Å². The Morgan fingerprint density at radius 1 is 0.692 bits per heavy atom. The first kappa shape index (κ1) is 29.5. The smallest absolute Gasteiger partial charge is 0.421 e. The summed E-state index contributed by atoms with van der Waals surface area (Å²) in [5, 5.41) is 27.7. The molecule has 1 fully saturated rings. The van der Waals surface area contributed by atoms with Crippen LogP contribution in [0, 0.1) is 0 Å². The maximum absolute atomic E-state index is 10.5. The Labute approximate surface area is 240 Å². The Hall–Kier alpha value is -4.02. The van der Waals surface area contributed by atoms with Crippen LogP contribution in [0.15, 0.2) is 99.8 Å². The number of aryl methyl sites for hydroxylation is 3. The molecule has 0 bridgehead atoms. The van der Waals surface area contributed by atoms with Crippen molar-refractivity contribution in [2.75, 3.05) is 36.0 Å². The summed E-state index contributed by atoms with van der Waals surface area (Å²) in [6, 6.07) is 17.5. The Kier molecular flexibility index (Phi) is 9.97. The summed E-state index contributed by atoms with van der Waals surface area (Å²) >= 11 is 0. The number of halogens is 2. The van der Waals surface area contributed by atoms with E-state index in [0.29, 0.717) is 5.69 Å². The van der Waals surface area contributed by atoms with E-state index in [1.807, 2.05) is 96.0 Å². The van der Waals surface area contributed by atoms with E-state index in [2.05, 4.69) is 42.4 Å². The van der Waals surface area contributed by atoms with Crippen LogP contribution < -0.4 is 43.7 Å². The fraction of sp³-hybridized carbons (Fsp3) is 0.259. The van der Waals surface area contributed by atoms with Crippen molar-refractivity contribution in [2.45, 2.75) is 0 Å². The fourth-order valence-electron chi connectivity index (χ4n) is 4.24. The number of aromatic hydroxyl groups is 1. The summed E-state index contributed by atoms with van der Waals surface area (Å²) in [6.45, 7) is 3.47. The Morgan fingerprint density at radius 3 is 1.85 bits per heavy atom. The van der Waals surface area contributed by atoms with Gasteiger partial charge in [0, 0.05) is 60.9 Å². The average molecular weight is 569 g/mol. The molecule has 39 heavy (non-hydrogen) atoms. The van der Waals surface area contributed by atoms with Crippen LogP contribution in [0.25, 0.3) is 0 Å². The molecule has 12 heteroatoms. The fourth-order valence-corrected chi connectivity index (χ4v) is 4.24. The van der Waals surface area contributed by atoms with Gasteiger partial charge in [0.05, 0.1) is 32.2 Å². The largest absolute Gasteiger partial charge is 1.00 e. The molecule has 1 N–H and O–H groups in total. The molecule has 1 aliphatic rings. The summed E-state index contributed by atoms with van der Waals surface area (Å²) < 4.78 is 5.79. The molecule has 5 rings (SSSR count). The topological polar surface area (TPSA) is 88.8 Å². The van der Waals surface area contributed by atoms with Gasteiger partial charge in [-0.25, -0.2) is 13.7 Å². The number of hydrogen-bond acceptors (Lipinski definition) is 7. The average Bonchev–Trinajstić information content (AvgIpc) is 3.24. The number of hydrogen-bond donors (Lipinski definition) is 1. The van der Waals surface area contributed by atoms with E-state index in [4.69, 9.17) is 0 Å². The van der Waals surface area contributed by atoms with Crippen molar-refractivity contribution >= 4 is 34.4 Å². The first-order valence-electron chi connectivity index (χ1n) is 12.2. The number of piperazine rings is 1. The van der Waals surface area contributed by atoms with E-state index in [9.17, 15) is 5.11 Å². The molecule has 3 heterocycles. The van der Waals surface area contributed by atoms with Crippen molar-refractivity contribution in [3.05, 3.63) is 79.4 Å². The van der Waals surface area contributed by atoms with E-state index < -0.39 is 0 Å². The third kappa shape index (κ3) is 7.10. The summed E-state index contributed by atoms with van der Waals surface area (Å²) in [5.74, 6) is 0.909. The second-order valence-electron chi connectivity index (χ2n) is 9.11. The molecular weight excluding hydrogens is 537 g/mol. The van der Waals surface area contributed by atoms with E-state index in [0.717, 1.165) is 54.9 Å². The third-order valence-electron chi connectivity index (χ3n) is 6.45. The lowest BCUT2D eigenvalue weighted by Crippen LogP contribution is -3.00. The van der Waals surface area contributed by atoms with Gasteiger partial charge in [-0.3, -0.25) is 0 Å². The number of phenols is 1. The van der Waals surface area contributed by atoms with Gasteiger partial charge in [-0.05, 0) is 36.4 Å². The second-order valence-corrected chi connectivity index (χ2v) is 9.11.